The Hall–Kier alpha value is -2.72. The first kappa shape index (κ1) is 20.2. The van der Waals surface area contributed by atoms with Gasteiger partial charge in [0.15, 0.2) is 0 Å². The van der Waals surface area contributed by atoms with E-state index in [9.17, 15) is 4.79 Å². The molecule has 1 aliphatic carbocycles. The number of nitrogens with zero attached hydrogens (tertiary/aromatic N) is 1. The summed E-state index contributed by atoms with van der Waals surface area (Å²) in [6.45, 7) is 2.89. The molecule has 0 saturated heterocycles. The normalized spacial score (nSPS) is 19.5. The molecule has 1 unspecified atom stereocenters. The summed E-state index contributed by atoms with van der Waals surface area (Å²) in [6.07, 6.45) is 8.14. The third-order valence-corrected chi connectivity index (χ3v) is 6.94. The van der Waals surface area contributed by atoms with Gasteiger partial charge in [-0.1, -0.05) is 74.2 Å². The number of aromatic nitrogens is 1. The van der Waals surface area contributed by atoms with Crippen molar-refractivity contribution in [2.45, 2.75) is 64.1 Å². The van der Waals surface area contributed by atoms with Gasteiger partial charge in [0.1, 0.15) is 13.1 Å². The smallest absolute Gasteiger partial charge is 0.252 e. The molecule has 2 heterocycles. The first-order valence-corrected chi connectivity index (χ1v) is 11.9. The molecule has 1 fully saturated rings. The zero-order valence-corrected chi connectivity index (χ0v) is 18.2. The minimum absolute atomic E-state index is 0.0997. The van der Waals surface area contributed by atoms with Gasteiger partial charge in [-0.2, -0.15) is 0 Å². The second-order valence-electron chi connectivity index (χ2n) is 9.18. The highest BCUT2D eigenvalue weighted by molar-refractivity contribution is 6.07. The van der Waals surface area contributed by atoms with Gasteiger partial charge in [-0.25, -0.2) is 0 Å². The van der Waals surface area contributed by atoms with Crippen LogP contribution in [0.25, 0.3) is 10.9 Å². The fourth-order valence-corrected chi connectivity index (χ4v) is 5.31. The lowest BCUT2D eigenvalue weighted by molar-refractivity contribution is -0.929. The van der Waals surface area contributed by atoms with Crippen LogP contribution in [-0.2, 0) is 19.5 Å². The van der Waals surface area contributed by atoms with E-state index in [1.807, 2.05) is 18.2 Å². The number of benzene rings is 2. The topological polar surface area (TPSA) is 46.4 Å². The number of amides is 1. The maximum Gasteiger partial charge on any atom is 0.252 e. The summed E-state index contributed by atoms with van der Waals surface area (Å²) in [4.78, 5) is 20.1. The van der Waals surface area contributed by atoms with E-state index in [0.29, 0.717) is 6.04 Å². The van der Waals surface area contributed by atoms with Crippen LogP contribution < -0.4 is 10.2 Å². The lowest BCUT2D eigenvalue weighted by Gasteiger charge is -2.28. The molecular formula is C27H32N3O+. The Bertz CT molecular complexity index is 1050. The number of carbonyl (C=O) groups is 1. The molecule has 5 rings (SSSR count). The van der Waals surface area contributed by atoms with Crippen molar-refractivity contribution in [1.82, 2.24) is 10.3 Å². The van der Waals surface area contributed by atoms with Crippen LogP contribution in [0.15, 0.2) is 54.6 Å². The van der Waals surface area contributed by atoms with Crippen LogP contribution in [0, 0.1) is 0 Å². The average molecular weight is 415 g/mol. The van der Waals surface area contributed by atoms with E-state index < -0.39 is 0 Å². The van der Waals surface area contributed by atoms with Crippen molar-refractivity contribution < 1.29 is 9.69 Å². The van der Waals surface area contributed by atoms with Crippen LogP contribution in [0.2, 0.25) is 0 Å². The highest BCUT2D eigenvalue weighted by Crippen LogP contribution is 2.26. The largest absolute Gasteiger partial charge is 0.349 e. The fourth-order valence-electron chi connectivity index (χ4n) is 5.31. The Balaban J connectivity index is 1.47. The van der Waals surface area contributed by atoms with E-state index in [0.717, 1.165) is 66.6 Å². The zero-order chi connectivity index (χ0) is 21.0. The van der Waals surface area contributed by atoms with Crippen molar-refractivity contribution in [2.75, 3.05) is 6.54 Å². The molecule has 4 nitrogen and oxygen atoms in total. The molecule has 1 amide bonds. The Kier molecular flexibility index (Phi) is 5.99. The Morgan fingerprint density at radius 1 is 0.968 bits per heavy atom. The van der Waals surface area contributed by atoms with Gasteiger partial charge in [0, 0.05) is 29.0 Å². The van der Waals surface area contributed by atoms with Gasteiger partial charge in [0.05, 0.1) is 23.3 Å². The first-order chi connectivity index (χ1) is 15.3. The number of nitrogens with one attached hydrogen (secondary N) is 2. The van der Waals surface area contributed by atoms with Gasteiger partial charge >= 0.3 is 0 Å². The molecule has 1 saturated carbocycles. The highest BCUT2D eigenvalue weighted by atomic mass is 16.1. The predicted molar refractivity (Wildman–Crippen MR) is 124 cm³/mol. The molecule has 4 heteroatoms. The van der Waals surface area contributed by atoms with Crippen LogP contribution in [0.4, 0.5) is 0 Å². The third-order valence-electron chi connectivity index (χ3n) is 6.94. The highest BCUT2D eigenvalue weighted by Gasteiger charge is 2.29. The summed E-state index contributed by atoms with van der Waals surface area (Å²) in [5.41, 5.74) is 5.43. The van der Waals surface area contributed by atoms with Crippen molar-refractivity contribution in [3.8, 4) is 0 Å². The molecule has 2 aromatic carbocycles. The monoisotopic (exact) mass is 414 g/mol. The van der Waals surface area contributed by atoms with Gasteiger partial charge in [0.2, 0.25) is 0 Å². The molecule has 160 valence electrons. The molecule has 31 heavy (non-hydrogen) atoms. The van der Waals surface area contributed by atoms with Crippen LogP contribution in [-0.4, -0.2) is 23.5 Å². The van der Waals surface area contributed by atoms with Crippen molar-refractivity contribution >= 4 is 16.8 Å². The van der Waals surface area contributed by atoms with Crippen LogP contribution in [0.5, 0.6) is 0 Å². The quantitative estimate of drug-likeness (QED) is 0.638. The van der Waals surface area contributed by atoms with Crippen LogP contribution >= 0.6 is 0 Å². The fraction of sp³-hybridized carbons (Fsp3) is 0.407. The zero-order valence-electron chi connectivity index (χ0n) is 18.2. The molecule has 0 spiro atoms. The summed E-state index contributed by atoms with van der Waals surface area (Å²) in [7, 11) is 0. The number of para-hydroxylation sites is 1. The number of hydrogen-bond acceptors (Lipinski definition) is 2. The van der Waals surface area contributed by atoms with Crippen molar-refractivity contribution in [3.63, 3.8) is 0 Å². The van der Waals surface area contributed by atoms with Gasteiger partial charge in [-0.15, -0.1) is 0 Å². The lowest BCUT2D eigenvalue weighted by atomic mass is 9.94. The SMILES string of the molecule is O=C(NC1CCCCCC1)c1c2c(nc3ccccc13)CC[NH+](Cc1ccccc1)C2. The third kappa shape index (κ3) is 4.49. The Morgan fingerprint density at radius 3 is 2.52 bits per heavy atom. The average Bonchev–Trinajstić information content (AvgIpc) is 3.07. The van der Waals surface area contributed by atoms with Crippen LogP contribution in [0.1, 0.15) is 65.7 Å². The summed E-state index contributed by atoms with van der Waals surface area (Å²) < 4.78 is 0. The molecule has 3 aromatic rings. The molecule has 1 aromatic heterocycles. The standard InChI is InChI=1S/C27H31N3O/c31-27(28-21-12-6-1-2-7-13-21)26-22-14-8-9-15-24(22)29-25-16-17-30(19-23(25)26)18-20-10-4-3-5-11-20/h3-5,8-11,14-15,21H,1-2,6-7,12-13,16-19H2,(H,28,31)/p+1. The van der Waals surface area contributed by atoms with Crippen molar-refractivity contribution in [1.29, 1.82) is 0 Å². The molecule has 1 atom stereocenters. The van der Waals surface area contributed by atoms with E-state index in [2.05, 4.69) is 41.7 Å². The molecular weight excluding hydrogens is 382 g/mol. The number of quaternary nitrogens is 1. The number of rotatable bonds is 4. The molecule has 2 N–H and O–H groups in total. The van der Waals surface area contributed by atoms with E-state index in [1.54, 1.807) is 0 Å². The number of pyridine rings is 1. The number of fused-ring (bicyclic) bond motifs is 2. The Morgan fingerprint density at radius 2 is 1.71 bits per heavy atom. The van der Waals surface area contributed by atoms with Gasteiger partial charge < -0.3 is 10.2 Å². The number of hydrogen-bond donors (Lipinski definition) is 2. The van der Waals surface area contributed by atoms with Crippen molar-refractivity contribution in [3.05, 3.63) is 77.0 Å². The second kappa shape index (κ2) is 9.19. The predicted octanol–water partition coefficient (Wildman–Crippen LogP) is 3.83. The molecule has 1 aliphatic heterocycles. The summed E-state index contributed by atoms with van der Waals surface area (Å²) in [5, 5.41) is 4.40. The first-order valence-electron chi connectivity index (χ1n) is 11.9. The van der Waals surface area contributed by atoms with E-state index >= 15 is 0 Å². The minimum Gasteiger partial charge on any atom is -0.349 e. The maximum atomic E-state index is 13.6. The van der Waals surface area contributed by atoms with E-state index in [-0.39, 0.29) is 5.91 Å². The maximum absolute atomic E-state index is 13.6. The number of carbonyl (C=O) groups excluding carboxylic acids is 1. The van der Waals surface area contributed by atoms with Gasteiger partial charge in [0.25, 0.3) is 5.91 Å². The van der Waals surface area contributed by atoms with Gasteiger partial charge in [-0.05, 0) is 18.9 Å². The minimum atomic E-state index is 0.0997. The molecule has 2 aliphatic rings. The molecule has 0 bridgehead atoms. The lowest BCUT2D eigenvalue weighted by Crippen LogP contribution is -3.10. The molecule has 0 radical (unpaired) electrons. The van der Waals surface area contributed by atoms with E-state index in [4.69, 9.17) is 4.98 Å². The Labute approximate surface area is 184 Å². The summed E-state index contributed by atoms with van der Waals surface area (Å²) in [5.74, 6) is 0.0997. The summed E-state index contributed by atoms with van der Waals surface area (Å²) in [6, 6.07) is 19.1. The van der Waals surface area contributed by atoms with Gasteiger partial charge in [-0.3, -0.25) is 9.78 Å². The summed E-state index contributed by atoms with van der Waals surface area (Å²) >= 11 is 0. The second-order valence-corrected chi connectivity index (χ2v) is 9.18. The van der Waals surface area contributed by atoms with Crippen molar-refractivity contribution in [2.24, 2.45) is 0 Å². The van der Waals surface area contributed by atoms with E-state index in [1.165, 1.54) is 36.1 Å². The van der Waals surface area contributed by atoms with Crippen LogP contribution in [0.3, 0.4) is 0 Å².